The van der Waals surface area contributed by atoms with Gasteiger partial charge < -0.3 is 15.1 Å². The summed E-state index contributed by atoms with van der Waals surface area (Å²) in [6.07, 6.45) is 1.59. The number of hydrogen-bond donors (Lipinski definition) is 1. The van der Waals surface area contributed by atoms with Crippen LogP contribution in [-0.2, 0) is 6.54 Å². The molecule has 2 rings (SSSR count). The SMILES string of the molecule is Cc1cccc(N)c1C(=O)N(C)Cc1ccco1. The molecule has 1 aromatic carbocycles. The Morgan fingerprint density at radius 2 is 2.11 bits per heavy atom. The molecular weight excluding hydrogens is 228 g/mol. The molecule has 0 bridgehead atoms. The molecule has 0 saturated carbocycles. The molecule has 0 aliphatic heterocycles. The maximum atomic E-state index is 12.3. The molecule has 0 radical (unpaired) electrons. The van der Waals surface area contributed by atoms with E-state index in [0.29, 0.717) is 17.8 Å². The minimum absolute atomic E-state index is 0.0954. The summed E-state index contributed by atoms with van der Waals surface area (Å²) in [5, 5.41) is 0. The van der Waals surface area contributed by atoms with Gasteiger partial charge in [0.1, 0.15) is 5.76 Å². The molecule has 4 nitrogen and oxygen atoms in total. The van der Waals surface area contributed by atoms with Gasteiger partial charge in [0.05, 0.1) is 18.4 Å². The standard InChI is InChI=1S/C14H16N2O2/c1-10-5-3-7-12(15)13(10)14(17)16(2)9-11-6-4-8-18-11/h3-8H,9,15H2,1-2H3. The number of nitrogen functional groups attached to an aromatic ring is 1. The zero-order valence-corrected chi connectivity index (χ0v) is 10.5. The summed E-state index contributed by atoms with van der Waals surface area (Å²) in [5.74, 6) is 0.653. The molecule has 0 aliphatic carbocycles. The predicted molar refractivity (Wildman–Crippen MR) is 70.1 cm³/mol. The average Bonchev–Trinajstić information content (AvgIpc) is 2.81. The molecule has 4 heteroatoms. The molecule has 1 heterocycles. The number of anilines is 1. The van der Waals surface area contributed by atoms with Gasteiger partial charge in [0, 0.05) is 12.7 Å². The molecule has 2 aromatic rings. The zero-order chi connectivity index (χ0) is 13.1. The van der Waals surface area contributed by atoms with Crippen LogP contribution in [0.3, 0.4) is 0 Å². The molecule has 0 aliphatic rings. The van der Waals surface area contributed by atoms with Crippen molar-refractivity contribution >= 4 is 11.6 Å². The van der Waals surface area contributed by atoms with Crippen molar-refractivity contribution < 1.29 is 9.21 Å². The number of hydrogen-bond acceptors (Lipinski definition) is 3. The fourth-order valence-corrected chi connectivity index (χ4v) is 1.88. The van der Waals surface area contributed by atoms with Crippen molar-refractivity contribution in [1.82, 2.24) is 4.90 Å². The van der Waals surface area contributed by atoms with Gasteiger partial charge in [-0.05, 0) is 30.7 Å². The Kier molecular flexibility index (Phi) is 3.37. The van der Waals surface area contributed by atoms with Crippen LogP contribution in [-0.4, -0.2) is 17.9 Å². The lowest BCUT2D eigenvalue weighted by atomic mass is 10.1. The number of furan rings is 1. The Hall–Kier alpha value is -2.23. The number of aryl methyl sites for hydroxylation is 1. The first-order valence-corrected chi connectivity index (χ1v) is 5.72. The number of rotatable bonds is 3. The van der Waals surface area contributed by atoms with Crippen LogP contribution < -0.4 is 5.73 Å². The first-order chi connectivity index (χ1) is 8.59. The van der Waals surface area contributed by atoms with E-state index in [4.69, 9.17) is 10.2 Å². The summed E-state index contributed by atoms with van der Waals surface area (Å²) >= 11 is 0. The fraction of sp³-hybridized carbons (Fsp3) is 0.214. The second kappa shape index (κ2) is 4.96. The Bertz CT molecular complexity index is 527. The molecule has 1 aromatic heterocycles. The van der Waals surface area contributed by atoms with Crippen LogP contribution >= 0.6 is 0 Å². The summed E-state index contributed by atoms with van der Waals surface area (Å²) in [5.41, 5.74) is 7.81. The number of amides is 1. The van der Waals surface area contributed by atoms with E-state index < -0.39 is 0 Å². The lowest BCUT2D eigenvalue weighted by molar-refractivity contribution is 0.0776. The molecule has 0 unspecified atom stereocenters. The highest BCUT2D eigenvalue weighted by atomic mass is 16.3. The maximum absolute atomic E-state index is 12.3. The minimum Gasteiger partial charge on any atom is -0.467 e. The van der Waals surface area contributed by atoms with E-state index in [2.05, 4.69) is 0 Å². The summed E-state index contributed by atoms with van der Waals surface area (Å²) < 4.78 is 5.23. The van der Waals surface area contributed by atoms with Crippen molar-refractivity contribution in [1.29, 1.82) is 0 Å². The van der Waals surface area contributed by atoms with Gasteiger partial charge in [0.2, 0.25) is 0 Å². The van der Waals surface area contributed by atoms with Gasteiger partial charge in [-0.15, -0.1) is 0 Å². The van der Waals surface area contributed by atoms with E-state index in [1.807, 2.05) is 25.1 Å². The quantitative estimate of drug-likeness (QED) is 0.844. The highest BCUT2D eigenvalue weighted by Gasteiger charge is 2.17. The van der Waals surface area contributed by atoms with E-state index in [9.17, 15) is 4.79 Å². The molecule has 0 spiro atoms. The minimum atomic E-state index is -0.0954. The summed E-state index contributed by atoms with van der Waals surface area (Å²) in [7, 11) is 1.73. The third-order valence-electron chi connectivity index (χ3n) is 2.84. The second-order valence-corrected chi connectivity index (χ2v) is 4.28. The highest BCUT2D eigenvalue weighted by molar-refractivity contribution is 6.00. The number of nitrogens with two attached hydrogens (primary N) is 1. The number of carbonyl (C=O) groups excluding carboxylic acids is 1. The van der Waals surface area contributed by atoms with Crippen LogP contribution in [0.5, 0.6) is 0 Å². The monoisotopic (exact) mass is 244 g/mol. The first kappa shape index (κ1) is 12.2. The molecule has 1 amide bonds. The van der Waals surface area contributed by atoms with Crippen molar-refractivity contribution in [3.8, 4) is 0 Å². The lowest BCUT2D eigenvalue weighted by Crippen LogP contribution is -2.27. The van der Waals surface area contributed by atoms with Crippen LogP contribution in [0.25, 0.3) is 0 Å². The van der Waals surface area contributed by atoms with Gasteiger partial charge in [-0.1, -0.05) is 12.1 Å². The molecule has 18 heavy (non-hydrogen) atoms. The molecule has 0 fully saturated rings. The van der Waals surface area contributed by atoms with Crippen molar-refractivity contribution in [2.45, 2.75) is 13.5 Å². The van der Waals surface area contributed by atoms with Gasteiger partial charge in [0.25, 0.3) is 5.91 Å². The zero-order valence-electron chi connectivity index (χ0n) is 10.5. The molecule has 0 saturated heterocycles. The third-order valence-corrected chi connectivity index (χ3v) is 2.84. The first-order valence-electron chi connectivity index (χ1n) is 5.72. The van der Waals surface area contributed by atoms with E-state index in [-0.39, 0.29) is 5.91 Å². The molecule has 94 valence electrons. The smallest absolute Gasteiger partial charge is 0.256 e. The van der Waals surface area contributed by atoms with Gasteiger partial charge >= 0.3 is 0 Å². The fourth-order valence-electron chi connectivity index (χ4n) is 1.88. The summed E-state index contributed by atoms with van der Waals surface area (Å²) in [6, 6.07) is 9.10. The second-order valence-electron chi connectivity index (χ2n) is 4.28. The van der Waals surface area contributed by atoms with Gasteiger partial charge in [-0.2, -0.15) is 0 Å². The Morgan fingerprint density at radius 1 is 1.33 bits per heavy atom. The van der Waals surface area contributed by atoms with E-state index in [0.717, 1.165) is 11.3 Å². The summed E-state index contributed by atoms with van der Waals surface area (Å²) in [6.45, 7) is 2.31. The number of benzene rings is 1. The Labute approximate surface area is 106 Å². The largest absolute Gasteiger partial charge is 0.467 e. The summed E-state index contributed by atoms with van der Waals surface area (Å²) in [4.78, 5) is 13.9. The van der Waals surface area contributed by atoms with Crippen molar-refractivity contribution in [3.63, 3.8) is 0 Å². The van der Waals surface area contributed by atoms with Crippen LogP contribution in [0.2, 0.25) is 0 Å². The van der Waals surface area contributed by atoms with Gasteiger partial charge in [-0.3, -0.25) is 4.79 Å². The number of nitrogens with zero attached hydrogens (tertiary/aromatic N) is 1. The lowest BCUT2D eigenvalue weighted by Gasteiger charge is -2.18. The van der Waals surface area contributed by atoms with Gasteiger partial charge in [0.15, 0.2) is 0 Å². The number of carbonyl (C=O) groups is 1. The van der Waals surface area contributed by atoms with E-state index in [1.54, 1.807) is 30.3 Å². The van der Waals surface area contributed by atoms with E-state index in [1.165, 1.54) is 0 Å². The molecular formula is C14H16N2O2. The van der Waals surface area contributed by atoms with Crippen LogP contribution in [0.15, 0.2) is 41.0 Å². The van der Waals surface area contributed by atoms with Crippen molar-refractivity contribution in [2.24, 2.45) is 0 Å². The Morgan fingerprint density at radius 3 is 2.72 bits per heavy atom. The Balaban J connectivity index is 2.21. The van der Waals surface area contributed by atoms with Crippen LogP contribution in [0.1, 0.15) is 21.7 Å². The maximum Gasteiger partial charge on any atom is 0.256 e. The van der Waals surface area contributed by atoms with Gasteiger partial charge in [-0.25, -0.2) is 0 Å². The molecule has 2 N–H and O–H groups in total. The highest BCUT2D eigenvalue weighted by Crippen LogP contribution is 2.19. The van der Waals surface area contributed by atoms with Crippen molar-refractivity contribution in [2.75, 3.05) is 12.8 Å². The van der Waals surface area contributed by atoms with E-state index >= 15 is 0 Å². The van der Waals surface area contributed by atoms with Crippen LogP contribution in [0.4, 0.5) is 5.69 Å². The normalized spacial score (nSPS) is 10.3. The third kappa shape index (κ3) is 2.37. The topological polar surface area (TPSA) is 59.5 Å². The van der Waals surface area contributed by atoms with Crippen LogP contribution in [0, 0.1) is 6.92 Å². The van der Waals surface area contributed by atoms with Crippen molar-refractivity contribution in [3.05, 3.63) is 53.5 Å². The molecule has 0 atom stereocenters. The average molecular weight is 244 g/mol. The predicted octanol–water partition coefficient (Wildman–Crippen LogP) is 2.44.